The zero-order valence-corrected chi connectivity index (χ0v) is 14.4. The number of terminal acetylenes is 1. The molecule has 2 aliphatic heterocycles. The van der Waals surface area contributed by atoms with Crippen molar-refractivity contribution in [2.75, 3.05) is 44.2 Å². The van der Waals surface area contributed by atoms with Gasteiger partial charge in [0.1, 0.15) is 5.82 Å². The average Bonchev–Trinajstić information content (AvgIpc) is 3.41. The number of anilines is 1. The maximum Gasteiger partial charge on any atom is 0.234 e. The van der Waals surface area contributed by atoms with Gasteiger partial charge in [0.2, 0.25) is 5.91 Å². The smallest absolute Gasteiger partial charge is 0.234 e. The molecule has 1 aromatic heterocycles. The Morgan fingerprint density at radius 1 is 1.24 bits per heavy atom. The molecule has 0 spiro atoms. The van der Waals surface area contributed by atoms with E-state index in [0.29, 0.717) is 19.5 Å². The van der Waals surface area contributed by atoms with Crippen LogP contribution in [-0.2, 0) is 4.79 Å². The summed E-state index contributed by atoms with van der Waals surface area (Å²) in [4.78, 5) is 20.9. The van der Waals surface area contributed by atoms with Gasteiger partial charge in [-0.05, 0) is 12.1 Å². The summed E-state index contributed by atoms with van der Waals surface area (Å²) >= 11 is 0. The lowest BCUT2D eigenvalue weighted by molar-refractivity contribution is -0.122. The maximum atomic E-state index is 12.1. The highest BCUT2D eigenvalue weighted by Crippen LogP contribution is 2.35. The number of hydrogen-bond acceptors (Lipinski definition) is 6. The highest BCUT2D eigenvalue weighted by Gasteiger charge is 2.38. The fourth-order valence-electron chi connectivity index (χ4n) is 3.01. The van der Waals surface area contributed by atoms with Gasteiger partial charge in [-0.2, -0.15) is 10.2 Å². The Hall–Kier alpha value is -2.46. The van der Waals surface area contributed by atoms with Crippen LogP contribution in [0, 0.1) is 12.3 Å². The van der Waals surface area contributed by atoms with Gasteiger partial charge in [0, 0.05) is 58.2 Å². The van der Waals surface area contributed by atoms with Gasteiger partial charge in [0.05, 0.1) is 6.54 Å². The van der Waals surface area contributed by atoms with Crippen LogP contribution in [0.4, 0.5) is 5.82 Å². The largest absolute Gasteiger partial charge is 0.355 e. The van der Waals surface area contributed by atoms with Crippen LogP contribution in [0.25, 0.3) is 0 Å². The van der Waals surface area contributed by atoms with Crippen molar-refractivity contribution in [2.24, 2.45) is 10.2 Å². The van der Waals surface area contributed by atoms with E-state index < -0.39 is 0 Å². The first kappa shape index (κ1) is 17.4. The molecule has 132 valence electrons. The van der Waals surface area contributed by atoms with Crippen molar-refractivity contribution in [3.63, 3.8) is 0 Å². The summed E-state index contributed by atoms with van der Waals surface area (Å²) in [6, 6.07) is 5.94. The molecule has 0 aromatic carbocycles. The summed E-state index contributed by atoms with van der Waals surface area (Å²) in [6.07, 6.45) is 9.26. The Morgan fingerprint density at radius 2 is 2.04 bits per heavy atom. The van der Waals surface area contributed by atoms with Gasteiger partial charge in [-0.1, -0.05) is 6.07 Å². The van der Waals surface area contributed by atoms with Crippen LogP contribution in [-0.4, -0.2) is 60.7 Å². The second-order valence-electron chi connectivity index (χ2n) is 6.44. The lowest BCUT2D eigenvalue weighted by atomic mass is 10.0. The van der Waals surface area contributed by atoms with E-state index in [1.165, 1.54) is 0 Å². The number of carbonyl (C=O) groups excluding carboxylic acids is 1. The average molecular weight is 340 g/mol. The molecule has 0 radical (unpaired) electrons. The number of carbonyl (C=O) groups is 1. The Morgan fingerprint density at radius 3 is 2.68 bits per heavy atom. The summed E-state index contributed by atoms with van der Waals surface area (Å²) < 4.78 is 0. The third-order valence-corrected chi connectivity index (χ3v) is 4.61. The van der Waals surface area contributed by atoms with E-state index in [-0.39, 0.29) is 11.6 Å². The molecule has 7 heteroatoms. The molecule has 1 aromatic rings. The minimum absolute atomic E-state index is 0.0547. The first-order valence-corrected chi connectivity index (χ1v) is 8.73. The van der Waals surface area contributed by atoms with Gasteiger partial charge in [-0.15, -0.1) is 12.3 Å². The Kier molecular flexibility index (Phi) is 5.61. The van der Waals surface area contributed by atoms with Gasteiger partial charge < -0.3 is 10.2 Å². The first-order chi connectivity index (χ1) is 12.2. The van der Waals surface area contributed by atoms with Crippen molar-refractivity contribution >= 4 is 11.7 Å². The highest BCUT2D eigenvalue weighted by atomic mass is 16.2. The minimum atomic E-state index is -0.325. The Labute approximate surface area is 148 Å². The van der Waals surface area contributed by atoms with Crippen LogP contribution in [0.2, 0.25) is 0 Å². The second-order valence-corrected chi connectivity index (χ2v) is 6.44. The van der Waals surface area contributed by atoms with Crippen molar-refractivity contribution in [2.45, 2.75) is 24.9 Å². The normalized spacial score (nSPS) is 18.6. The monoisotopic (exact) mass is 340 g/mol. The van der Waals surface area contributed by atoms with E-state index >= 15 is 0 Å². The minimum Gasteiger partial charge on any atom is -0.355 e. The van der Waals surface area contributed by atoms with E-state index in [1.807, 2.05) is 24.4 Å². The standard InChI is InChI=1S/C18H24N6O/c1-2-3-7-18(21-22-18)8-10-20-17(25)15-23-11-13-24(14-12-23)16-6-4-5-9-19-16/h1,4-6,9H,3,7-8,10-15H2,(H,20,25). The lowest BCUT2D eigenvalue weighted by Gasteiger charge is -2.34. The van der Waals surface area contributed by atoms with Crippen LogP contribution in [0.15, 0.2) is 34.6 Å². The van der Waals surface area contributed by atoms with Crippen molar-refractivity contribution in [1.82, 2.24) is 15.2 Å². The number of hydrogen-bond donors (Lipinski definition) is 1. The number of aromatic nitrogens is 1. The summed E-state index contributed by atoms with van der Waals surface area (Å²) in [5.41, 5.74) is -0.325. The number of piperazine rings is 1. The summed E-state index contributed by atoms with van der Waals surface area (Å²) in [5.74, 6) is 3.67. The number of pyridine rings is 1. The third-order valence-electron chi connectivity index (χ3n) is 4.61. The molecule has 1 amide bonds. The third kappa shape index (κ3) is 5.00. The van der Waals surface area contributed by atoms with Crippen molar-refractivity contribution in [3.8, 4) is 12.3 Å². The predicted octanol–water partition coefficient (Wildman–Crippen LogP) is 1.29. The van der Waals surface area contributed by atoms with Crippen LogP contribution in [0.3, 0.4) is 0 Å². The fourth-order valence-corrected chi connectivity index (χ4v) is 3.01. The molecular weight excluding hydrogens is 316 g/mol. The molecule has 1 fully saturated rings. The molecule has 3 rings (SSSR count). The summed E-state index contributed by atoms with van der Waals surface area (Å²) in [5, 5.41) is 11.1. The molecule has 0 bridgehead atoms. The molecule has 0 aliphatic carbocycles. The zero-order chi connectivity index (χ0) is 17.5. The number of nitrogens with zero attached hydrogens (tertiary/aromatic N) is 5. The summed E-state index contributed by atoms with van der Waals surface area (Å²) in [6.45, 7) is 4.52. The molecule has 0 saturated carbocycles. The molecule has 2 aliphatic rings. The quantitative estimate of drug-likeness (QED) is 0.724. The predicted molar refractivity (Wildman–Crippen MR) is 96.2 cm³/mol. The van der Waals surface area contributed by atoms with E-state index in [0.717, 1.165) is 44.8 Å². The van der Waals surface area contributed by atoms with Gasteiger partial charge in [-0.25, -0.2) is 4.98 Å². The molecule has 0 atom stereocenters. The molecule has 0 unspecified atom stereocenters. The van der Waals surface area contributed by atoms with Crippen LogP contribution in [0.1, 0.15) is 19.3 Å². The second kappa shape index (κ2) is 8.08. The number of nitrogens with one attached hydrogen (secondary N) is 1. The van der Waals surface area contributed by atoms with Crippen molar-refractivity contribution in [3.05, 3.63) is 24.4 Å². The zero-order valence-electron chi connectivity index (χ0n) is 14.4. The van der Waals surface area contributed by atoms with E-state index in [4.69, 9.17) is 6.42 Å². The first-order valence-electron chi connectivity index (χ1n) is 8.73. The molecular formula is C18H24N6O. The SMILES string of the molecule is C#CCCC1(CCNC(=O)CN2CCN(c3ccccn3)CC2)N=N1. The molecule has 25 heavy (non-hydrogen) atoms. The van der Waals surface area contributed by atoms with Gasteiger partial charge in [0.15, 0.2) is 5.66 Å². The highest BCUT2D eigenvalue weighted by molar-refractivity contribution is 5.78. The number of amides is 1. The maximum absolute atomic E-state index is 12.1. The summed E-state index contributed by atoms with van der Waals surface area (Å²) in [7, 11) is 0. The molecule has 1 N–H and O–H groups in total. The van der Waals surface area contributed by atoms with Crippen LogP contribution < -0.4 is 10.2 Å². The van der Waals surface area contributed by atoms with Crippen molar-refractivity contribution < 1.29 is 4.79 Å². The van der Waals surface area contributed by atoms with Gasteiger partial charge in [0.25, 0.3) is 0 Å². The van der Waals surface area contributed by atoms with Crippen LogP contribution in [0.5, 0.6) is 0 Å². The fraction of sp³-hybridized carbons (Fsp3) is 0.556. The van der Waals surface area contributed by atoms with E-state index in [2.05, 4.69) is 36.2 Å². The lowest BCUT2D eigenvalue weighted by Crippen LogP contribution is -2.49. The van der Waals surface area contributed by atoms with Crippen molar-refractivity contribution in [1.29, 1.82) is 0 Å². The Balaban J connectivity index is 1.32. The molecule has 7 nitrogen and oxygen atoms in total. The van der Waals surface area contributed by atoms with Crippen LogP contribution >= 0.6 is 0 Å². The topological polar surface area (TPSA) is 73.2 Å². The van der Waals surface area contributed by atoms with Gasteiger partial charge >= 0.3 is 0 Å². The van der Waals surface area contributed by atoms with Gasteiger partial charge in [-0.3, -0.25) is 9.69 Å². The molecule has 1 saturated heterocycles. The Bertz CT molecular complexity index is 639. The number of rotatable bonds is 8. The molecule has 3 heterocycles. The van der Waals surface area contributed by atoms with E-state index in [9.17, 15) is 4.79 Å². The van der Waals surface area contributed by atoms with E-state index in [1.54, 1.807) is 0 Å².